The van der Waals surface area contributed by atoms with Crippen molar-refractivity contribution in [3.05, 3.63) is 24.2 Å². The van der Waals surface area contributed by atoms with Crippen LogP contribution in [0.15, 0.2) is 22.8 Å². The van der Waals surface area contributed by atoms with Gasteiger partial charge in [-0.25, -0.2) is 0 Å². The summed E-state index contributed by atoms with van der Waals surface area (Å²) in [6.07, 6.45) is 4.51. The van der Waals surface area contributed by atoms with Gasteiger partial charge in [-0.15, -0.1) is 0 Å². The van der Waals surface area contributed by atoms with Crippen molar-refractivity contribution in [2.24, 2.45) is 0 Å². The monoisotopic (exact) mass is 292 g/mol. The predicted molar refractivity (Wildman–Crippen MR) is 74.8 cm³/mol. The molecule has 2 saturated heterocycles. The zero-order valence-corrected chi connectivity index (χ0v) is 11.9. The molecule has 1 aromatic rings. The molecule has 0 radical (unpaired) electrons. The zero-order valence-electron chi connectivity index (χ0n) is 11.9. The Morgan fingerprint density at radius 2 is 2.05 bits per heavy atom. The van der Waals surface area contributed by atoms with E-state index in [4.69, 9.17) is 9.15 Å². The largest absolute Gasteiger partial charge is 0.459 e. The van der Waals surface area contributed by atoms with Gasteiger partial charge in [-0.3, -0.25) is 9.59 Å². The van der Waals surface area contributed by atoms with E-state index in [1.165, 1.54) is 6.26 Å². The van der Waals surface area contributed by atoms with Crippen molar-refractivity contribution in [3.63, 3.8) is 0 Å². The maximum atomic E-state index is 12.1. The molecule has 1 atom stereocenters. The molecular weight excluding hydrogens is 272 g/mol. The molecule has 3 heterocycles. The van der Waals surface area contributed by atoms with Gasteiger partial charge in [-0.05, 0) is 37.8 Å². The Balaban J connectivity index is 1.46. The number of piperidine rings is 1. The van der Waals surface area contributed by atoms with E-state index in [1.807, 2.05) is 0 Å². The van der Waals surface area contributed by atoms with Crippen LogP contribution in [0.3, 0.4) is 0 Å². The lowest BCUT2D eigenvalue weighted by Gasteiger charge is -2.32. The van der Waals surface area contributed by atoms with E-state index in [0.717, 1.165) is 25.7 Å². The van der Waals surface area contributed by atoms with E-state index >= 15 is 0 Å². The number of carbonyl (C=O) groups is 2. The van der Waals surface area contributed by atoms with E-state index in [0.29, 0.717) is 25.5 Å². The molecule has 2 aliphatic rings. The minimum Gasteiger partial charge on any atom is -0.459 e. The second-order valence-electron chi connectivity index (χ2n) is 5.55. The predicted octanol–water partition coefficient (Wildman–Crippen LogP) is 1.18. The molecule has 21 heavy (non-hydrogen) atoms. The van der Waals surface area contributed by atoms with Crippen LogP contribution in [0.2, 0.25) is 0 Å². The normalized spacial score (nSPS) is 23.2. The van der Waals surface area contributed by atoms with Crippen LogP contribution in [0.4, 0.5) is 0 Å². The summed E-state index contributed by atoms with van der Waals surface area (Å²) < 4.78 is 10.5. The van der Waals surface area contributed by atoms with Crippen LogP contribution >= 0.6 is 0 Å². The van der Waals surface area contributed by atoms with Crippen molar-refractivity contribution in [3.8, 4) is 0 Å². The quantitative estimate of drug-likeness (QED) is 0.908. The summed E-state index contributed by atoms with van der Waals surface area (Å²) in [5, 5.41) is 3.03. The van der Waals surface area contributed by atoms with Gasteiger partial charge >= 0.3 is 0 Å². The SMILES string of the molecule is O=C(NC1CCN(C(=O)c2ccco2)CC1)[C@@H]1CCCO1. The van der Waals surface area contributed by atoms with Crippen molar-refractivity contribution in [1.82, 2.24) is 10.2 Å². The third-order valence-corrected chi connectivity index (χ3v) is 4.08. The molecule has 6 nitrogen and oxygen atoms in total. The van der Waals surface area contributed by atoms with Crippen LogP contribution in [0.5, 0.6) is 0 Å². The van der Waals surface area contributed by atoms with Gasteiger partial charge in [0.25, 0.3) is 5.91 Å². The minimum absolute atomic E-state index is 0.0108. The number of rotatable bonds is 3. The van der Waals surface area contributed by atoms with Crippen LogP contribution in [0.25, 0.3) is 0 Å². The highest BCUT2D eigenvalue weighted by atomic mass is 16.5. The minimum atomic E-state index is -0.284. The smallest absolute Gasteiger partial charge is 0.289 e. The van der Waals surface area contributed by atoms with Crippen molar-refractivity contribution in [2.75, 3.05) is 19.7 Å². The number of furan rings is 1. The molecular formula is C15H20N2O4. The number of hydrogen-bond acceptors (Lipinski definition) is 4. The number of hydrogen-bond donors (Lipinski definition) is 1. The molecule has 0 aliphatic carbocycles. The van der Waals surface area contributed by atoms with Gasteiger partial charge in [0, 0.05) is 25.7 Å². The summed E-state index contributed by atoms with van der Waals surface area (Å²) in [6.45, 7) is 1.94. The molecule has 1 N–H and O–H groups in total. The van der Waals surface area contributed by atoms with Crippen molar-refractivity contribution in [1.29, 1.82) is 0 Å². The van der Waals surface area contributed by atoms with Gasteiger partial charge in [0.15, 0.2) is 5.76 Å². The second kappa shape index (κ2) is 6.30. The fraction of sp³-hybridized carbons (Fsp3) is 0.600. The third-order valence-electron chi connectivity index (χ3n) is 4.08. The molecule has 3 rings (SSSR count). The van der Waals surface area contributed by atoms with Crippen LogP contribution in [-0.2, 0) is 9.53 Å². The van der Waals surface area contributed by atoms with Crippen LogP contribution in [-0.4, -0.2) is 48.6 Å². The van der Waals surface area contributed by atoms with Crippen molar-refractivity contribution in [2.45, 2.75) is 37.8 Å². The summed E-state index contributed by atoms with van der Waals surface area (Å²) in [5.74, 6) is 0.282. The lowest BCUT2D eigenvalue weighted by Crippen LogP contribution is -2.48. The molecule has 114 valence electrons. The number of nitrogens with one attached hydrogen (secondary N) is 1. The van der Waals surface area contributed by atoms with Gasteiger partial charge in [0.05, 0.1) is 6.26 Å². The molecule has 0 unspecified atom stereocenters. The first-order valence-corrected chi connectivity index (χ1v) is 7.49. The third kappa shape index (κ3) is 3.26. The Hall–Kier alpha value is -1.82. The van der Waals surface area contributed by atoms with Crippen LogP contribution in [0, 0.1) is 0 Å². The number of nitrogens with zero attached hydrogens (tertiary/aromatic N) is 1. The molecule has 2 aliphatic heterocycles. The van der Waals surface area contributed by atoms with Crippen LogP contribution < -0.4 is 5.32 Å². The molecule has 1 aromatic heterocycles. The Morgan fingerprint density at radius 1 is 1.24 bits per heavy atom. The number of carbonyl (C=O) groups excluding carboxylic acids is 2. The summed E-state index contributed by atoms with van der Waals surface area (Å²) in [5.41, 5.74) is 0. The maximum absolute atomic E-state index is 12.1. The first-order valence-electron chi connectivity index (χ1n) is 7.49. The Morgan fingerprint density at radius 3 is 2.67 bits per heavy atom. The Kier molecular flexibility index (Phi) is 4.24. The number of likely N-dealkylation sites (tertiary alicyclic amines) is 1. The fourth-order valence-electron chi connectivity index (χ4n) is 2.86. The molecule has 6 heteroatoms. The molecule has 2 fully saturated rings. The van der Waals surface area contributed by atoms with Gasteiger partial charge in [0.2, 0.25) is 5.91 Å². The molecule has 2 amide bonds. The molecule has 0 aromatic carbocycles. The lowest BCUT2D eigenvalue weighted by atomic mass is 10.0. The maximum Gasteiger partial charge on any atom is 0.289 e. The highest BCUT2D eigenvalue weighted by Crippen LogP contribution is 2.16. The average Bonchev–Trinajstić information content (AvgIpc) is 3.20. The average molecular weight is 292 g/mol. The summed E-state index contributed by atoms with van der Waals surface area (Å²) >= 11 is 0. The highest BCUT2D eigenvalue weighted by molar-refractivity contribution is 5.91. The van der Waals surface area contributed by atoms with Gasteiger partial charge in [0.1, 0.15) is 6.10 Å². The lowest BCUT2D eigenvalue weighted by molar-refractivity contribution is -0.131. The Bertz CT molecular complexity index is 486. The van der Waals surface area contributed by atoms with Gasteiger partial charge in [-0.2, -0.15) is 0 Å². The van der Waals surface area contributed by atoms with E-state index in [9.17, 15) is 9.59 Å². The van der Waals surface area contributed by atoms with E-state index in [2.05, 4.69) is 5.32 Å². The second-order valence-corrected chi connectivity index (χ2v) is 5.55. The zero-order chi connectivity index (χ0) is 14.7. The van der Waals surface area contributed by atoms with E-state index < -0.39 is 0 Å². The number of amides is 2. The summed E-state index contributed by atoms with van der Waals surface area (Å²) in [7, 11) is 0. The van der Waals surface area contributed by atoms with E-state index in [1.54, 1.807) is 17.0 Å². The van der Waals surface area contributed by atoms with Gasteiger partial charge in [-0.1, -0.05) is 0 Å². The highest BCUT2D eigenvalue weighted by Gasteiger charge is 2.29. The van der Waals surface area contributed by atoms with Crippen molar-refractivity contribution < 1.29 is 18.7 Å². The molecule has 0 saturated carbocycles. The molecule has 0 bridgehead atoms. The van der Waals surface area contributed by atoms with Crippen molar-refractivity contribution >= 4 is 11.8 Å². The Labute approximate surface area is 123 Å². The number of ether oxygens (including phenoxy) is 1. The fourth-order valence-corrected chi connectivity index (χ4v) is 2.86. The van der Waals surface area contributed by atoms with E-state index in [-0.39, 0.29) is 24.0 Å². The summed E-state index contributed by atoms with van der Waals surface area (Å²) in [4.78, 5) is 25.9. The first-order chi connectivity index (χ1) is 10.2. The molecule has 0 spiro atoms. The van der Waals surface area contributed by atoms with Gasteiger partial charge < -0.3 is 19.4 Å². The standard InChI is InChI=1S/C15H20N2O4/c18-14(12-3-1-9-20-12)16-11-5-7-17(8-6-11)15(19)13-4-2-10-21-13/h2,4,10-12H,1,3,5-9H2,(H,16,18)/t12-/m0/s1. The topological polar surface area (TPSA) is 71.8 Å². The van der Waals surface area contributed by atoms with Crippen LogP contribution in [0.1, 0.15) is 36.2 Å². The first kappa shape index (κ1) is 14.1. The summed E-state index contributed by atoms with van der Waals surface area (Å²) in [6, 6.07) is 3.51.